The number of benzene rings is 1. The van der Waals surface area contributed by atoms with Crippen molar-refractivity contribution in [1.29, 1.82) is 0 Å². The second-order valence-electron chi connectivity index (χ2n) is 4.08. The highest BCUT2D eigenvalue weighted by Crippen LogP contribution is 2.28. The van der Waals surface area contributed by atoms with Crippen LogP contribution >= 0.6 is 0 Å². The van der Waals surface area contributed by atoms with Gasteiger partial charge in [0, 0.05) is 5.92 Å². The molecule has 0 bridgehead atoms. The van der Waals surface area contributed by atoms with Gasteiger partial charge in [-0.3, -0.25) is 4.79 Å². The fourth-order valence-corrected chi connectivity index (χ4v) is 1.73. The number of carboxylic acids is 1. The number of rotatable bonds is 5. The van der Waals surface area contributed by atoms with Crippen LogP contribution in [0.25, 0.3) is 0 Å². The Morgan fingerprint density at radius 3 is 2.71 bits per heavy atom. The summed E-state index contributed by atoms with van der Waals surface area (Å²) in [7, 11) is 0. The van der Waals surface area contributed by atoms with Crippen molar-refractivity contribution in [3.05, 3.63) is 42.0 Å². The molecular formula is C14H18O3. The van der Waals surface area contributed by atoms with Crippen LogP contribution in [-0.2, 0) is 4.79 Å². The Morgan fingerprint density at radius 2 is 2.18 bits per heavy atom. The average Bonchev–Trinajstić information content (AvgIpc) is 2.29. The number of carboxylic acid groups (broad SMARTS) is 1. The normalized spacial score (nSPS) is 14.7. The summed E-state index contributed by atoms with van der Waals surface area (Å²) in [5.74, 6) is -1.40. The van der Waals surface area contributed by atoms with Crippen LogP contribution in [-0.4, -0.2) is 16.2 Å². The summed E-state index contributed by atoms with van der Waals surface area (Å²) in [5, 5.41) is 18.5. The third-order valence-electron chi connectivity index (χ3n) is 2.76. The van der Waals surface area contributed by atoms with Crippen LogP contribution in [0, 0.1) is 5.92 Å². The second kappa shape index (κ2) is 6.09. The quantitative estimate of drug-likeness (QED) is 0.769. The highest BCUT2D eigenvalue weighted by Gasteiger charge is 2.22. The smallest absolute Gasteiger partial charge is 0.307 e. The van der Waals surface area contributed by atoms with Crippen molar-refractivity contribution in [2.75, 3.05) is 0 Å². The minimum absolute atomic E-state index is 0.162. The first-order chi connectivity index (χ1) is 8.06. The predicted molar refractivity (Wildman–Crippen MR) is 67.1 cm³/mol. The zero-order valence-electron chi connectivity index (χ0n) is 10.1. The van der Waals surface area contributed by atoms with Gasteiger partial charge in [-0.25, -0.2) is 0 Å². The lowest BCUT2D eigenvalue weighted by Crippen LogP contribution is -2.17. The Balaban J connectivity index is 3.05. The summed E-state index contributed by atoms with van der Waals surface area (Å²) in [6.07, 6.45) is 4.71. The summed E-state index contributed by atoms with van der Waals surface area (Å²) >= 11 is 0. The fourth-order valence-electron chi connectivity index (χ4n) is 1.73. The molecule has 1 aromatic rings. The zero-order chi connectivity index (χ0) is 12.8. The molecule has 1 aromatic carbocycles. The van der Waals surface area contributed by atoms with E-state index in [0.717, 1.165) is 12.0 Å². The maximum atomic E-state index is 11.1. The molecule has 0 aliphatic rings. The second-order valence-corrected chi connectivity index (χ2v) is 4.08. The van der Waals surface area contributed by atoms with Gasteiger partial charge < -0.3 is 10.2 Å². The molecule has 0 aromatic heterocycles. The number of allylic oxidation sites excluding steroid dienone is 2. The van der Waals surface area contributed by atoms with Crippen LogP contribution in [0.15, 0.2) is 36.4 Å². The van der Waals surface area contributed by atoms with E-state index in [9.17, 15) is 9.90 Å². The van der Waals surface area contributed by atoms with Gasteiger partial charge in [-0.15, -0.1) is 0 Å². The van der Waals surface area contributed by atoms with Gasteiger partial charge in [0.25, 0.3) is 0 Å². The molecule has 92 valence electrons. The minimum Gasteiger partial charge on any atom is -0.508 e. The Labute approximate surface area is 101 Å². The molecule has 0 saturated carbocycles. The molecule has 0 saturated heterocycles. The first-order valence-corrected chi connectivity index (χ1v) is 5.74. The van der Waals surface area contributed by atoms with E-state index in [1.54, 1.807) is 25.1 Å². The van der Waals surface area contributed by atoms with Crippen molar-refractivity contribution in [3.8, 4) is 5.75 Å². The molecule has 0 amide bonds. The first kappa shape index (κ1) is 13.3. The van der Waals surface area contributed by atoms with Gasteiger partial charge in [0.15, 0.2) is 0 Å². The van der Waals surface area contributed by atoms with E-state index in [2.05, 4.69) is 0 Å². The Hall–Kier alpha value is -1.77. The minimum atomic E-state index is -0.834. The molecule has 3 nitrogen and oxygen atoms in total. The molecule has 0 aliphatic carbocycles. The number of carbonyl (C=O) groups is 1. The lowest BCUT2D eigenvalue weighted by Gasteiger charge is -2.18. The average molecular weight is 234 g/mol. The van der Waals surface area contributed by atoms with Crippen LogP contribution in [0.4, 0.5) is 0 Å². The molecule has 1 rings (SSSR count). The van der Waals surface area contributed by atoms with Crippen LogP contribution in [0.1, 0.15) is 31.7 Å². The summed E-state index contributed by atoms with van der Waals surface area (Å²) in [5.41, 5.74) is 0.824. The number of phenolic OH excluding ortho intramolecular Hbond substituents is 1. The molecule has 1 unspecified atom stereocenters. The van der Waals surface area contributed by atoms with Crippen molar-refractivity contribution in [3.63, 3.8) is 0 Å². The molecule has 3 heteroatoms. The Kier molecular flexibility index (Phi) is 4.76. The topological polar surface area (TPSA) is 57.5 Å². The molecule has 0 fully saturated rings. The Bertz CT molecular complexity index is 410. The van der Waals surface area contributed by atoms with Crippen LogP contribution in [0.5, 0.6) is 5.75 Å². The van der Waals surface area contributed by atoms with Crippen molar-refractivity contribution >= 4 is 5.97 Å². The molecular weight excluding hydrogens is 216 g/mol. The standard InChI is InChI=1S/C14H18O3/c1-3-4-8-13(10(2)14(16)17)11-6-5-7-12(15)9-11/h4-10,13,15H,3H2,1-2H3,(H,16,17)/t10?,13-/m1/s1. The van der Waals surface area contributed by atoms with Gasteiger partial charge in [0.05, 0.1) is 5.92 Å². The van der Waals surface area contributed by atoms with Gasteiger partial charge in [0.2, 0.25) is 0 Å². The van der Waals surface area contributed by atoms with E-state index in [4.69, 9.17) is 5.11 Å². The number of aliphatic carboxylic acids is 1. The van der Waals surface area contributed by atoms with Gasteiger partial charge in [-0.2, -0.15) is 0 Å². The van der Waals surface area contributed by atoms with E-state index in [1.165, 1.54) is 0 Å². The predicted octanol–water partition coefficient (Wildman–Crippen LogP) is 3.16. The number of aromatic hydroxyl groups is 1. The molecule has 2 N–H and O–H groups in total. The van der Waals surface area contributed by atoms with Gasteiger partial charge in [-0.1, -0.05) is 38.1 Å². The monoisotopic (exact) mass is 234 g/mol. The van der Waals surface area contributed by atoms with Crippen molar-refractivity contribution in [1.82, 2.24) is 0 Å². The highest BCUT2D eigenvalue weighted by molar-refractivity contribution is 5.71. The molecule has 17 heavy (non-hydrogen) atoms. The third kappa shape index (κ3) is 3.63. The molecule has 0 heterocycles. The van der Waals surface area contributed by atoms with E-state index in [1.807, 2.05) is 25.1 Å². The fraction of sp³-hybridized carbons (Fsp3) is 0.357. The zero-order valence-corrected chi connectivity index (χ0v) is 10.1. The van der Waals surface area contributed by atoms with Gasteiger partial charge in [-0.05, 0) is 24.1 Å². The lowest BCUT2D eigenvalue weighted by atomic mass is 9.86. The third-order valence-corrected chi connectivity index (χ3v) is 2.76. The number of hydrogen-bond acceptors (Lipinski definition) is 2. The molecule has 0 spiro atoms. The lowest BCUT2D eigenvalue weighted by molar-refractivity contribution is -0.141. The van der Waals surface area contributed by atoms with Crippen molar-refractivity contribution in [2.45, 2.75) is 26.2 Å². The van der Waals surface area contributed by atoms with Gasteiger partial charge in [0.1, 0.15) is 5.75 Å². The van der Waals surface area contributed by atoms with Gasteiger partial charge >= 0.3 is 5.97 Å². The summed E-state index contributed by atoms with van der Waals surface area (Å²) < 4.78 is 0. The maximum absolute atomic E-state index is 11.1. The number of hydrogen-bond donors (Lipinski definition) is 2. The van der Waals surface area contributed by atoms with E-state index < -0.39 is 11.9 Å². The van der Waals surface area contributed by atoms with Crippen molar-refractivity contribution in [2.24, 2.45) is 5.92 Å². The SMILES string of the molecule is CCC=C[C@@H](c1cccc(O)c1)C(C)C(=O)O. The number of phenols is 1. The summed E-state index contributed by atoms with van der Waals surface area (Å²) in [4.78, 5) is 11.1. The molecule has 0 radical (unpaired) electrons. The summed E-state index contributed by atoms with van der Waals surface area (Å²) in [6, 6.07) is 6.76. The Morgan fingerprint density at radius 1 is 1.47 bits per heavy atom. The largest absolute Gasteiger partial charge is 0.508 e. The van der Waals surface area contributed by atoms with Crippen LogP contribution < -0.4 is 0 Å². The highest BCUT2D eigenvalue weighted by atomic mass is 16.4. The van der Waals surface area contributed by atoms with Crippen LogP contribution in [0.3, 0.4) is 0 Å². The van der Waals surface area contributed by atoms with E-state index in [-0.39, 0.29) is 11.7 Å². The molecule has 2 atom stereocenters. The molecule has 0 aliphatic heterocycles. The van der Waals surface area contributed by atoms with E-state index >= 15 is 0 Å². The van der Waals surface area contributed by atoms with E-state index in [0.29, 0.717) is 0 Å². The van der Waals surface area contributed by atoms with Crippen molar-refractivity contribution < 1.29 is 15.0 Å². The van der Waals surface area contributed by atoms with Crippen LogP contribution in [0.2, 0.25) is 0 Å². The maximum Gasteiger partial charge on any atom is 0.307 e. The summed E-state index contributed by atoms with van der Waals surface area (Å²) in [6.45, 7) is 3.68. The first-order valence-electron chi connectivity index (χ1n) is 5.74.